The van der Waals surface area contributed by atoms with E-state index >= 15 is 0 Å². The van der Waals surface area contributed by atoms with Gasteiger partial charge in [-0.05, 0) is 29.7 Å². The molecule has 0 aromatic heterocycles. The van der Waals surface area contributed by atoms with Crippen LogP contribution in [0.25, 0.3) is 5.57 Å². The summed E-state index contributed by atoms with van der Waals surface area (Å²) in [6, 6.07) is 10.5. The lowest BCUT2D eigenvalue weighted by atomic mass is 10.0. The van der Waals surface area contributed by atoms with Crippen molar-refractivity contribution < 1.29 is 0 Å². The highest BCUT2D eigenvalue weighted by atomic mass is 14.2. The maximum absolute atomic E-state index is 3.39. The molecule has 0 N–H and O–H groups in total. The first-order chi connectivity index (χ1) is 6.27. The highest BCUT2D eigenvalue weighted by Gasteiger charge is 2.12. The van der Waals surface area contributed by atoms with E-state index in [0.29, 0.717) is 5.92 Å². The minimum atomic E-state index is 0.468. The van der Waals surface area contributed by atoms with Gasteiger partial charge in [0, 0.05) is 5.92 Å². The lowest BCUT2D eigenvalue weighted by molar-refractivity contribution is 0.925. The Morgan fingerprint density at radius 3 is 2.38 bits per heavy atom. The van der Waals surface area contributed by atoms with E-state index in [-0.39, 0.29) is 0 Å². The quantitative estimate of drug-likeness (QED) is 0.604. The molecule has 1 aromatic carbocycles. The predicted octanol–water partition coefficient (Wildman–Crippen LogP) is 3.47. The van der Waals surface area contributed by atoms with Crippen molar-refractivity contribution in [3.8, 4) is 0 Å². The second-order valence-electron chi connectivity index (χ2n) is 3.50. The van der Waals surface area contributed by atoms with Crippen molar-refractivity contribution in [3.05, 3.63) is 53.6 Å². The van der Waals surface area contributed by atoms with Gasteiger partial charge in [0.1, 0.15) is 0 Å². The molecular weight excluding hydrogens is 156 g/mol. The van der Waals surface area contributed by atoms with E-state index in [0.717, 1.165) is 0 Å². The van der Waals surface area contributed by atoms with Crippen molar-refractivity contribution in [2.45, 2.75) is 13.8 Å². The summed E-state index contributed by atoms with van der Waals surface area (Å²) in [6.07, 6.45) is 5.66. The van der Waals surface area contributed by atoms with Crippen molar-refractivity contribution in [1.29, 1.82) is 0 Å². The fourth-order valence-corrected chi connectivity index (χ4v) is 1.77. The predicted molar refractivity (Wildman–Crippen MR) is 56.0 cm³/mol. The molecule has 0 bridgehead atoms. The average Bonchev–Trinajstić information content (AvgIpc) is 2.47. The summed E-state index contributed by atoms with van der Waals surface area (Å²) in [7, 11) is 0. The van der Waals surface area contributed by atoms with Crippen LogP contribution in [0.15, 0.2) is 42.0 Å². The fraction of sp³-hybridized carbons (Fsp3) is 0.231. The molecular formula is C13H13. The molecule has 0 saturated carbocycles. The maximum atomic E-state index is 3.39. The first-order valence-electron chi connectivity index (χ1n) is 4.65. The molecule has 1 aliphatic carbocycles. The minimum Gasteiger partial charge on any atom is -0.0691 e. The van der Waals surface area contributed by atoms with Crippen LogP contribution in [0, 0.1) is 12.0 Å². The van der Waals surface area contributed by atoms with Crippen molar-refractivity contribution in [1.82, 2.24) is 0 Å². The summed E-state index contributed by atoms with van der Waals surface area (Å²) in [4.78, 5) is 0. The topological polar surface area (TPSA) is 0 Å². The zero-order chi connectivity index (χ0) is 9.26. The van der Waals surface area contributed by atoms with Crippen molar-refractivity contribution in [3.63, 3.8) is 0 Å². The zero-order valence-electron chi connectivity index (χ0n) is 8.04. The molecule has 0 fully saturated rings. The van der Waals surface area contributed by atoms with Crippen LogP contribution in [-0.2, 0) is 0 Å². The van der Waals surface area contributed by atoms with Crippen molar-refractivity contribution >= 4 is 5.57 Å². The third kappa shape index (κ3) is 1.57. The SMILES string of the molecule is CC1=[C]C(C)C=C1c1ccccc1. The average molecular weight is 169 g/mol. The van der Waals surface area contributed by atoms with E-state index in [9.17, 15) is 0 Å². The van der Waals surface area contributed by atoms with Gasteiger partial charge in [-0.15, -0.1) is 0 Å². The minimum absolute atomic E-state index is 0.468. The Morgan fingerprint density at radius 2 is 1.85 bits per heavy atom. The summed E-state index contributed by atoms with van der Waals surface area (Å²) < 4.78 is 0. The molecule has 0 heterocycles. The number of allylic oxidation sites excluding steroid dienone is 4. The van der Waals surface area contributed by atoms with Crippen LogP contribution in [-0.4, -0.2) is 0 Å². The Bertz CT molecular complexity index is 355. The lowest BCUT2D eigenvalue weighted by Gasteiger charge is -2.02. The van der Waals surface area contributed by atoms with E-state index in [2.05, 4.69) is 50.3 Å². The van der Waals surface area contributed by atoms with Gasteiger partial charge in [0.25, 0.3) is 0 Å². The van der Waals surface area contributed by atoms with Gasteiger partial charge in [-0.25, -0.2) is 0 Å². The Hall–Kier alpha value is -1.30. The smallest absolute Gasteiger partial charge is 0.000476 e. The molecule has 13 heavy (non-hydrogen) atoms. The van der Waals surface area contributed by atoms with Gasteiger partial charge in [-0.1, -0.05) is 43.3 Å². The number of rotatable bonds is 1. The van der Waals surface area contributed by atoms with Crippen LogP contribution >= 0.6 is 0 Å². The summed E-state index contributed by atoms with van der Waals surface area (Å²) >= 11 is 0. The van der Waals surface area contributed by atoms with Gasteiger partial charge in [0.15, 0.2) is 0 Å². The first kappa shape index (κ1) is 8.31. The van der Waals surface area contributed by atoms with Crippen LogP contribution in [0.5, 0.6) is 0 Å². The monoisotopic (exact) mass is 169 g/mol. The molecule has 0 nitrogen and oxygen atoms in total. The molecule has 1 radical (unpaired) electrons. The van der Waals surface area contributed by atoms with E-state index in [1.165, 1.54) is 16.7 Å². The molecule has 0 saturated heterocycles. The number of benzene rings is 1. The number of hydrogen-bond acceptors (Lipinski definition) is 0. The summed E-state index contributed by atoms with van der Waals surface area (Å²) in [6.45, 7) is 4.29. The molecule has 0 spiro atoms. The van der Waals surface area contributed by atoms with E-state index in [4.69, 9.17) is 0 Å². The molecule has 1 aromatic rings. The molecule has 0 heteroatoms. The summed E-state index contributed by atoms with van der Waals surface area (Å²) in [5, 5.41) is 0. The van der Waals surface area contributed by atoms with Gasteiger partial charge in [-0.2, -0.15) is 0 Å². The molecule has 2 rings (SSSR count). The lowest BCUT2D eigenvalue weighted by Crippen LogP contribution is -1.81. The third-order valence-electron chi connectivity index (χ3n) is 2.35. The Morgan fingerprint density at radius 1 is 1.15 bits per heavy atom. The second kappa shape index (κ2) is 3.21. The summed E-state index contributed by atoms with van der Waals surface area (Å²) in [5.41, 5.74) is 3.92. The molecule has 0 amide bonds. The van der Waals surface area contributed by atoms with E-state index < -0.39 is 0 Å². The zero-order valence-corrected chi connectivity index (χ0v) is 8.04. The Balaban J connectivity index is 2.39. The first-order valence-corrected chi connectivity index (χ1v) is 4.65. The molecule has 1 unspecified atom stereocenters. The number of hydrogen-bond donors (Lipinski definition) is 0. The Labute approximate surface area is 79.6 Å². The van der Waals surface area contributed by atoms with E-state index in [1.54, 1.807) is 0 Å². The molecule has 1 aliphatic rings. The summed E-state index contributed by atoms with van der Waals surface area (Å²) in [5.74, 6) is 0.468. The van der Waals surface area contributed by atoms with Crippen LogP contribution in [0.4, 0.5) is 0 Å². The van der Waals surface area contributed by atoms with Gasteiger partial charge >= 0.3 is 0 Å². The Kier molecular flexibility index (Phi) is 2.05. The standard InChI is InChI=1S/C13H13/c1-10-8-11(2)13(9-10)12-6-4-3-5-7-12/h3-7,9-10H,1-2H3. The van der Waals surface area contributed by atoms with Crippen LogP contribution in [0.2, 0.25) is 0 Å². The van der Waals surface area contributed by atoms with Gasteiger partial charge < -0.3 is 0 Å². The second-order valence-corrected chi connectivity index (χ2v) is 3.50. The van der Waals surface area contributed by atoms with Crippen LogP contribution < -0.4 is 0 Å². The molecule has 1 atom stereocenters. The largest absolute Gasteiger partial charge is 0.0691 e. The fourth-order valence-electron chi connectivity index (χ4n) is 1.77. The maximum Gasteiger partial charge on any atom is 0.000476 e. The van der Waals surface area contributed by atoms with E-state index in [1.807, 2.05) is 6.07 Å². The van der Waals surface area contributed by atoms with Crippen molar-refractivity contribution in [2.24, 2.45) is 5.92 Å². The highest BCUT2D eigenvalue weighted by Crippen LogP contribution is 2.30. The third-order valence-corrected chi connectivity index (χ3v) is 2.35. The van der Waals surface area contributed by atoms with Crippen molar-refractivity contribution in [2.75, 3.05) is 0 Å². The van der Waals surface area contributed by atoms with Gasteiger partial charge in [-0.3, -0.25) is 0 Å². The highest BCUT2D eigenvalue weighted by molar-refractivity contribution is 5.80. The van der Waals surface area contributed by atoms with Gasteiger partial charge in [0.2, 0.25) is 0 Å². The molecule has 0 aliphatic heterocycles. The van der Waals surface area contributed by atoms with Crippen LogP contribution in [0.1, 0.15) is 19.4 Å². The molecule has 65 valence electrons. The normalized spacial score (nSPS) is 21.2. The van der Waals surface area contributed by atoms with Crippen LogP contribution in [0.3, 0.4) is 0 Å². The van der Waals surface area contributed by atoms with Gasteiger partial charge in [0.05, 0.1) is 0 Å².